The van der Waals surface area contributed by atoms with E-state index in [1.54, 1.807) is 6.20 Å². The van der Waals surface area contributed by atoms with Crippen LogP contribution in [0.4, 0.5) is 0 Å². The molecule has 2 aliphatic rings. The van der Waals surface area contributed by atoms with Crippen molar-refractivity contribution in [3.8, 4) is 0 Å². The highest BCUT2D eigenvalue weighted by molar-refractivity contribution is 5.93. The van der Waals surface area contributed by atoms with Gasteiger partial charge in [-0.15, -0.1) is 24.8 Å². The van der Waals surface area contributed by atoms with Gasteiger partial charge in [-0.1, -0.05) is 6.07 Å². The SMILES string of the molecule is Cc1cccnc1C(=O)N1CCN(C2CCNC2)CC1.Cl.Cl. The first-order valence-electron chi connectivity index (χ1n) is 7.41. The lowest BCUT2D eigenvalue weighted by atomic mass is 10.1. The van der Waals surface area contributed by atoms with Crippen LogP contribution in [0.5, 0.6) is 0 Å². The fourth-order valence-corrected chi connectivity index (χ4v) is 3.10. The molecule has 2 saturated heterocycles. The third-order valence-corrected chi connectivity index (χ3v) is 4.36. The second-order valence-electron chi connectivity index (χ2n) is 5.64. The van der Waals surface area contributed by atoms with Gasteiger partial charge < -0.3 is 10.2 Å². The van der Waals surface area contributed by atoms with E-state index in [-0.39, 0.29) is 30.7 Å². The average Bonchev–Trinajstić information content (AvgIpc) is 3.01. The number of carbonyl (C=O) groups is 1. The summed E-state index contributed by atoms with van der Waals surface area (Å²) in [5.41, 5.74) is 1.56. The van der Waals surface area contributed by atoms with E-state index in [0.717, 1.165) is 44.8 Å². The Kier molecular flexibility index (Phi) is 7.56. The van der Waals surface area contributed by atoms with Crippen molar-refractivity contribution in [3.05, 3.63) is 29.6 Å². The van der Waals surface area contributed by atoms with Gasteiger partial charge in [0.05, 0.1) is 0 Å². The van der Waals surface area contributed by atoms with Gasteiger partial charge in [0.15, 0.2) is 0 Å². The average molecular weight is 347 g/mol. The summed E-state index contributed by atoms with van der Waals surface area (Å²) in [5, 5.41) is 3.40. The lowest BCUT2D eigenvalue weighted by Crippen LogP contribution is -2.52. The van der Waals surface area contributed by atoms with Gasteiger partial charge >= 0.3 is 0 Å². The zero-order valence-corrected chi connectivity index (χ0v) is 14.5. The number of aromatic nitrogens is 1. The molecule has 0 radical (unpaired) electrons. The molecule has 2 aliphatic heterocycles. The number of nitrogens with one attached hydrogen (secondary N) is 1. The first kappa shape index (κ1) is 19.2. The van der Waals surface area contributed by atoms with Gasteiger partial charge in [-0.3, -0.25) is 14.7 Å². The summed E-state index contributed by atoms with van der Waals surface area (Å²) in [5.74, 6) is 0.0762. The number of aryl methyl sites for hydroxylation is 1. The highest BCUT2D eigenvalue weighted by atomic mass is 35.5. The van der Waals surface area contributed by atoms with Crippen molar-refractivity contribution in [2.75, 3.05) is 39.3 Å². The highest BCUT2D eigenvalue weighted by Crippen LogP contribution is 2.14. The Bertz CT molecular complexity index is 486. The van der Waals surface area contributed by atoms with E-state index in [1.807, 2.05) is 24.0 Å². The molecule has 1 atom stereocenters. The van der Waals surface area contributed by atoms with E-state index >= 15 is 0 Å². The van der Waals surface area contributed by atoms with Gasteiger partial charge in [0.1, 0.15) is 5.69 Å². The van der Waals surface area contributed by atoms with E-state index in [2.05, 4.69) is 15.2 Å². The van der Waals surface area contributed by atoms with Crippen LogP contribution >= 0.6 is 24.8 Å². The van der Waals surface area contributed by atoms with Crippen molar-refractivity contribution >= 4 is 30.7 Å². The maximum atomic E-state index is 12.5. The van der Waals surface area contributed by atoms with Crippen molar-refractivity contribution in [1.82, 2.24) is 20.1 Å². The topological polar surface area (TPSA) is 48.5 Å². The Morgan fingerprint density at radius 1 is 1.27 bits per heavy atom. The lowest BCUT2D eigenvalue weighted by molar-refractivity contribution is 0.0577. The maximum absolute atomic E-state index is 12.5. The van der Waals surface area contributed by atoms with Crippen molar-refractivity contribution < 1.29 is 4.79 Å². The van der Waals surface area contributed by atoms with Crippen LogP contribution in [0.15, 0.2) is 18.3 Å². The lowest BCUT2D eigenvalue weighted by Gasteiger charge is -2.37. The highest BCUT2D eigenvalue weighted by Gasteiger charge is 2.28. The van der Waals surface area contributed by atoms with Gasteiger partial charge in [0, 0.05) is 45.0 Å². The van der Waals surface area contributed by atoms with Crippen molar-refractivity contribution in [1.29, 1.82) is 0 Å². The van der Waals surface area contributed by atoms with Gasteiger partial charge in [0.2, 0.25) is 0 Å². The Morgan fingerprint density at radius 2 is 2.00 bits per heavy atom. The second-order valence-corrected chi connectivity index (χ2v) is 5.64. The fourth-order valence-electron chi connectivity index (χ4n) is 3.10. The fraction of sp³-hybridized carbons (Fsp3) is 0.600. The zero-order valence-electron chi connectivity index (χ0n) is 12.8. The number of hydrogen-bond donors (Lipinski definition) is 1. The zero-order chi connectivity index (χ0) is 13.9. The molecule has 0 bridgehead atoms. The number of piperazine rings is 1. The summed E-state index contributed by atoms with van der Waals surface area (Å²) in [7, 11) is 0. The van der Waals surface area contributed by atoms with E-state index in [0.29, 0.717) is 11.7 Å². The molecular weight excluding hydrogens is 323 g/mol. The number of pyridine rings is 1. The molecule has 2 fully saturated rings. The third kappa shape index (κ3) is 4.10. The minimum Gasteiger partial charge on any atom is -0.335 e. The van der Waals surface area contributed by atoms with Crippen LogP contribution < -0.4 is 5.32 Å². The summed E-state index contributed by atoms with van der Waals surface area (Å²) in [6.45, 7) is 7.73. The van der Waals surface area contributed by atoms with Gasteiger partial charge in [0.25, 0.3) is 5.91 Å². The minimum absolute atomic E-state index is 0. The molecule has 3 heterocycles. The third-order valence-electron chi connectivity index (χ3n) is 4.36. The first-order chi connectivity index (χ1) is 9.75. The van der Waals surface area contributed by atoms with Crippen molar-refractivity contribution in [3.63, 3.8) is 0 Å². The maximum Gasteiger partial charge on any atom is 0.272 e. The smallest absolute Gasteiger partial charge is 0.272 e. The molecule has 1 N–H and O–H groups in total. The number of nitrogens with zero attached hydrogens (tertiary/aromatic N) is 3. The number of carbonyl (C=O) groups excluding carboxylic acids is 1. The summed E-state index contributed by atoms with van der Waals surface area (Å²) in [6.07, 6.45) is 2.92. The molecule has 3 rings (SSSR count). The molecule has 124 valence electrons. The monoisotopic (exact) mass is 346 g/mol. The normalized spacial score (nSPS) is 21.9. The largest absolute Gasteiger partial charge is 0.335 e. The molecule has 0 spiro atoms. The van der Waals surface area contributed by atoms with Crippen LogP contribution in [-0.2, 0) is 0 Å². The van der Waals surface area contributed by atoms with Crippen LogP contribution in [-0.4, -0.2) is 66.0 Å². The van der Waals surface area contributed by atoms with Gasteiger partial charge in [-0.25, -0.2) is 0 Å². The number of hydrogen-bond acceptors (Lipinski definition) is 4. The minimum atomic E-state index is 0. The predicted molar refractivity (Wildman–Crippen MR) is 92.2 cm³/mol. The molecule has 0 aromatic carbocycles. The van der Waals surface area contributed by atoms with Crippen LogP contribution in [0, 0.1) is 6.92 Å². The van der Waals surface area contributed by atoms with Gasteiger partial charge in [-0.2, -0.15) is 0 Å². The molecule has 7 heteroatoms. The quantitative estimate of drug-likeness (QED) is 0.878. The molecule has 1 aromatic rings. The summed E-state index contributed by atoms with van der Waals surface area (Å²) in [4.78, 5) is 21.2. The Hall–Kier alpha value is -0.880. The second kappa shape index (κ2) is 8.67. The van der Waals surface area contributed by atoms with Crippen molar-refractivity contribution in [2.45, 2.75) is 19.4 Å². The molecule has 22 heavy (non-hydrogen) atoms. The van der Waals surface area contributed by atoms with Crippen LogP contribution in [0.2, 0.25) is 0 Å². The van der Waals surface area contributed by atoms with E-state index in [9.17, 15) is 4.79 Å². The van der Waals surface area contributed by atoms with Gasteiger partial charge in [-0.05, 0) is 31.5 Å². The molecular formula is C15H24Cl2N4O. The Labute approximate surface area is 144 Å². The summed E-state index contributed by atoms with van der Waals surface area (Å²) >= 11 is 0. The molecule has 0 saturated carbocycles. The summed E-state index contributed by atoms with van der Waals surface area (Å²) in [6, 6.07) is 4.47. The molecule has 1 amide bonds. The molecule has 1 unspecified atom stereocenters. The van der Waals surface area contributed by atoms with Crippen LogP contribution in [0.25, 0.3) is 0 Å². The summed E-state index contributed by atoms with van der Waals surface area (Å²) < 4.78 is 0. The van der Waals surface area contributed by atoms with E-state index in [1.165, 1.54) is 6.42 Å². The number of rotatable bonds is 2. The number of amides is 1. The first-order valence-corrected chi connectivity index (χ1v) is 7.41. The predicted octanol–water partition coefficient (Wildman–Crippen LogP) is 1.35. The Balaban J connectivity index is 0.00000121. The molecule has 1 aromatic heterocycles. The molecule has 0 aliphatic carbocycles. The Morgan fingerprint density at radius 3 is 2.59 bits per heavy atom. The number of halogens is 2. The van der Waals surface area contributed by atoms with E-state index in [4.69, 9.17) is 0 Å². The van der Waals surface area contributed by atoms with Crippen LogP contribution in [0.3, 0.4) is 0 Å². The van der Waals surface area contributed by atoms with E-state index < -0.39 is 0 Å². The van der Waals surface area contributed by atoms with Crippen molar-refractivity contribution in [2.24, 2.45) is 0 Å². The molecule has 5 nitrogen and oxygen atoms in total. The van der Waals surface area contributed by atoms with Crippen LogP contribution in [0.1, 0.15) is 22.5 Å². The standard InChI is InChI=1S/C15H22N4O.2ClH/c1-12-3-2-5-17-14(12)15(20)19-9-7-18(8-10-19)13-4-6-16-11-13;;/h2-3,5,13,16H,4,6-11H2,1H3;2*1H.